The van der Waals surface area contributed by atoms with Crippen molar-refractivity contribution in [3.05, 3.63) is 30.6 Å². The Bertz CT molecular complexity index is 419. The van der Waals surface area contributed by atoms with Crippen LogP contribution < -0.4 is 5.32 Å². The van der Waals surface area contributed by atoms with E-state index in [-0.39, 0.29) is 0 Å². The van der Waals surface area contributed by atoms with Crippen LogP contribution in [0.3, 0.4) is 0 Å². The highest BCUT2D eigenvalue weighted by Crippen LogP contribution is 1.94. The third kappa shape index (κ3) is 3.67. The summed E-state index contributed by atoms with van der Waals surface area (Å²) in [4.78, 5) is 4.27. The predicted molar refractivity (Wildman–Crippen MR) is 64.4 cm³/mol. The van der Waals surface area contributed by atoms with E-state index < -0.39 is 0 Å². The molecule has 0 saturated carbocycles. The van der Waals surface area contributed by atoms with Crippen molar-refractivity contribution < 1.29 is 0 Å². The maximum absolute atomic E-state index is 4.27. The Labute approximate surface area is 101 Å². The normalized spacial score (nSPS) is 10.9. The second kappa shape index (κ2) is 6.15. The number of nitrogens with zero attached hydrogens (tertiary/aromatic N) is 5. The zero-order chi connectivity index (χ0) is 11.9. The molecule has 0 amide bonds. The van der Waals surface area contributed by atoms with Crippen LogP contribution in [0.15, 0.2) is 24.8 Å². The number of hydrogen-bond acceptors (Lipinski definition) is 4. The van der Waals surface area contributed by atoms with E-state index in [4.69, 9.17) is 0 Å². The molecule has 17 heavy (non-hydrogen) atoms. The molecule has 0 bridgehead atoms. The van der Waals surface area contributed by atoms with Crippen LogP contribution in [0.25, 0.3) is 0 Å². The summed E-state index contributed by atoms with van der Waals surface area (Å²) in [5.74, 6) is 1.12. The molecule has 0 atom stereocenters. The van der Waals surface area contributed by atoms with Gasteiger partial charge < -0.3 is 9.88 Å². The van der Waals surface area contributed by atoms with Crippen molar-refractivity contribution >= 4 is 0 Å². The van der Waals surface area contributed by atoms with Crippen molar-refractivity contribution in [1.82, 2.24) is 29.9 Å². The summed E-state index contributed by atoms with van der Waals surface area (Å²) >= 11 is 0. The van der Waals surface area contributed by atoms with Gasteiger partial charge in [0.1, 0.15) is 5.82 Å². The maximum Gasteiger partial charge on any atom is 0.109 e. The van der Waals surface area contributed by atoms with E-state index in [0.717, 1.165) is 38.3 Å². The van der Waals surface area contributed by atoms with Crippen LogP contribution in [-0.4, -0.2) is 37.6 Å². The number of aromatic nitrogens is 5. The van der Waals surface area contributed by atoms with Gasteiger partial charge in [-0.3, -0.25) is 4.68 Å². The lowest BCUT2D eigenvalue weighted by molar-refractivity contribution is 0.528. The Balaban J connectivity index is 1.54. The molecule has 2 aromatic heterocycles. The molecule has 0 radical (unpaired) electrons. The van der Waals surface area contributed by atoms with Gasteiger partial charge in [-0.2, -0.15) is 0 Å². The van der Waals surface area contributed by atoms with E-state index in [0.29, 0.717) is 0 Å². The third-order valence-electron chi connectivity index (χ3n) is 2.66. The van der Waals surface area contributed by atoms with E-state index in [1.54, 1.807) is 6.20 Å². The lowest BCUT2D eigenvalue weighted by Gasteiger charge is -2.05. The van der Waals surface area contributed by atoms with Crippen LogP contribution in [-0.2, 0) is 20.0 Å². The molecule has 0 unspecified atom stereocenters. The first-order chi connectivity index (χ1) is 8.36. The van der Waals surface area contributed by atoms with Gasteiger partial charge in [0.25, 0.3) is 0 Å². The summed E-state index contributed by atoms with van der Waals surface area (Å²) < 4.78 is 3.90. The zero-order valence-electron chi connectivity index (χ0n) is 10.1. The van der Waals surface area contributed by atoms with E-state index in [2.05, 4.69) is 25.2 Å². The molecule has 2 aromatic rings. The van der Waals surface area contributed by atoms with Crippen molar-refractivity contribution in [1.29, 1.82) is 0 Å². The molecule has 0 aromatic carbocycles. The Hall–Kier alpha value is -1.69. The van der Waals surface area contributed by atoms with Gasteiger partial charge in [0.15, 0.2) is 0 Å². The predicted octanol–water partition coefficient (Wildman–Crippen LogP) is 0.234. The molecular formula is C11H18N6. The van der Waals surface area contributed by atoms with Gasteiger partial charge in [-0.05, 0) is 13.0 Å². The highest BCUT2D eigenvalue weighted by molar-refractivity contribution is 4.91. The molecule has 6 nitrogen and oxygen atoms in total. The topological polar surface area (TPSA) is 60.6 Å². The molecule has 6 heteroatoms. The van der Waals surface area contributed by atoms with Crippen molar-refractivity contribution in [2.45, 2.75) is 19.4 Å². The first-order valence-corrected chi connectivity index (χ1v) is 5.87. The Morgan fingerprint density at radius 1 is 1.24 bits per heavy atom. The summed E-state index contributed by atoms with van der Waals surface area (Å²) in [5, 5.41) is 11.1. The molecular weight excluding hydrogens is 216 g/mol. The fourth-order valence-corrected chi connectivity index (χ4v) is 1.68. The van der Waals surface area contributed by atoms with Crippen LogP contribution in [0.4, 0.5) is 0 Å². The van der Waals surface area contributed by atoms with Crippen LogP contribution in [0.2, 0.25) is 0 Å². The molecule has 0 saturated heterocycles. The Morgan fingerprint density at radius 2 is 2.18 bits per heavy atom. The van der Waals surface area contributed by atoms with Gasteiger partial charge in [0.2, 0.25) is 0 Å². The molecule has 0 spiro atoms. The molecule has 1 N–H and O–H groups in total. The zero-order valence-corrected chi connectivity index (χ0v) is 10.1. The summed E-state index contributed by atoms with van der Waals surface area (Å²) in [7, 11) is 2.02. The lowest BCUT2D eigenvalue weighted by atomic mass is 10.3. The summed E-state index contributed by atoms with van der Waals surface area (Å²) in [6, 6.07) is 0. The van der Waals surface area contributed by atoms with Crippen molar-refractivity contribution in [2.75, 3.05) is 13.1 Å². The van der Waals surface area contributed by atoms with E-state index in [9.17, 15) is 0 Å². The first-order valence-electron chi connectivity index (χ1n) is 5.87. The average Bonchev–Trinajstić information content (AvgIpc) is 2.95. The van der Waals surface area contributed by atoms with E-state index >= 15 is 0 Å². The summed E-state index contributed by atoms with van der Waals surface area (Å²) in [5.41, 5.74) is 0. The molecule has 2 heterocycles. The van der Waals surface area contributed by atoms with Crippen molar-refractivity contribution in [2.24, 2.45) is 7.05 Å². The van der Waals surface area contributed by atoms with Crippen LogP contribution >= 0.6 is 0 Å². The third-order valence-corrected chi connectivity index (χ3v) is 2.66. The fraction of sp³-hybridized carbons (Fsp3) is 0.545. The number of nitrogens with one attached hydrogen (secondary N) is 1. The van der Waals surface area contributed by atoms with Crippen LogP contribution in [0.5, 0.6) is 0 Å². The first kappa shape index (κ1) is 11.8. The highest BCUT2D eigenvalue weighted by Gasteiger charge is 1.98. The standard InChI is InChI=1S/C11H18N6/c1-16-9-6-13-11(16)3-5-12-4-2-8-17-10-7-14-15-17/h6-7,9-10,12H,2-5,8H2,1H3. The van der Waals surface area contributed by atoms with Gasteiger partial charge in [0, 0.05) is 45.1 Å². The summed E-state index contributed by atoms with van der Waals surface area (Å²) in [6.07, 6.45) is 9.42. The summed E-state index contributed by atoms with van der Waals surface area (Å²) in [6.45, 7) is 2.86. The minimum Gasteiger partial charge on any atom is -0.338 e. The van der Waals surface area contributed by atoms with Crippen molar-refractivity contribution in [3.8, 4) is 0 Å². The highest BCUT2D eigenvalue weighted by atomic mass is 15.4. The number of hydrogen-bond donors (Lipinski definition) is 1. The molecule has 2 rings (SSSR count). The monoisotopic (exact) mass is 234 g/mol. The molecule has 92 valence electrons. The van der Waals surface area contributed by atoms with Crippen molar-refractivity contribution in [3.63, 3.8) is 0 Å². The van der Waals surface area contributed by atoms with Gasteiger partial charge in [-0.25, -0.2) is 4.98 Å². The van der Waals surface area contributed by atoms with Gasteiger partial charge >= 0.3 is 0 Å². The van der Waals surface area contributed by atoms with Gasteiger partial charge in [-0.15, -0.1) is 5.10 Å². The minimum absolute atomic E-state index is 0.912. The minimum atomic E-state index is 0.912. The molecule has 0 aliphatic rings. The maximum atomic E-state index is 4.27. The van der Waals surface area contributed by atoms with Gasteiger partial charge in [0.05, 0.1) is 6.20 Å². The number of rotatable bonds is 7. The number of imidazole rings is 1. The number of aryl methyl sites for hydroxylation is 2. The average molecular weight is 234 g/mol. The lowest BCUT2D eigenvalue weighted by Crippen LogP contribution is -2.21. The van der Waals surface area contributed by atoms with E-state index in [1.807, 2.05) is 30.3 Å². The Kier molecular flexibility index (Phi) is 4.26. The largest absolute Gasteiger partial charge is 0.338 e. The van der Waals surface area contributed by atoms with Crippen LogP contribution in [0, 0.1) is 0 Å². The smallest absolute Gasteiger partial charge is 0.109 e. The Morgan fingerprint density at radius 3 is 2.88 bits per heavy atom. The van der Waals surface area contributed by atoms with Crippen LogP contribution in [0.1, 0.15) is 12.2 Å². The van der Waals surface area contributed by atoms with E-state index in [1.165, 1.54) is 0 Å². The molecule has 0 aliphatic carbocycles. The molecule has 0 fully saturated rings. The quantitative estimate of drug-likeness (QED) is 0.697. The second-order valence-corrected chi connectivity index (χ2v) is 3.97. The van der Waals surface area contributed by atoms with Gasteiger partial charge in [-0.1, -0.05) is 5.21 Å². The fourth-order valence-electron chi connectivity index (χ4n) is 1.68. The molecule has 0 aliphatic heterocycles. The second-order valence-electron chi connectivity index (χ2n) is 3.97. The SMILES string of the molecule is Cn1ccnc1CCNCCCn1ccnn1.